The van der Waals surface area contributed by atoms with Gasteiger partial charge in [-0.2, -0.15) is 0 Å². The number of aromatic nitrogens is 2. The van der Waals surface area contributed by atoms with E-state index in [9.17, 15) is 4.79 Å². The molecule has 1 saturated heterocycles. The molecule has 2 unspecified atom stereocenters. The Bertz CT molecular complexity index is 648. The summed E-state index contributed by atoms with van der Waals surface area (Å²) in [6.45, 7) is 4.89. The number of nitrogens with zero attached hydrogens (tertiary/aromatic N) is 3. The lowest BCUT2D eigenvalue weighted by Crippen LogP contribution is -2.42. The molecule has 0 radical (unpaired) electrons. The largest absolute Gasteiger partial charge is 0.328 e. The predicted molar refractivity (Wildman–Crippen MR) is 81.0 cm³/mol. The van der Waals surface area contributed by atoms with Gasteiger partial charge in [0.15, 0.2) is 4.96 Å². The zero-order valence-electron chi connectivity index (χ0n) is 11.7. The maximum Gasteiger partial charge on any atom is 0.258 e. The van der Waals surface area contributed by atoms with Gasteiger partial charge in [0.25, 0.3) is 5.56 Å². The standard InChI is InChI=1S/C14H20N4OS/c1-10(15)11-3-2-4-17(8-11)9-12-7-13(19)18-5-6-20-14(18)16-12/h5-7,10-11H,2-4,8-9,15H2,1H3. The van der Waals surface area contributed by atoms with Crippen LogP contribution in [0.2, 0.25) is 0 Å². The third kappa shape index (κ3) is 2.77. The lowest BCUT2D eigenvalue weighted by Gasteiger charge is -2.34. The summed E-state index contributed by atoms with van der Waals surface area (Å²) < 4.78 is 1.59. The van der Waals surface area contributed by atoms with Crippen molar-refractivity contribution < 1.29 is 0 Å². The van der Waals surface area contributed by atoms with E-state index >= 15 is 0 Å². The predicted octanol–water partition coefficient (Wildman–Crippen LogP) is 1.32. The van der Waals surface area contributed by atoms with Gasteiger partial charge in [0.05, 0.1) is 5.69 Å². The summed E-state index contributed by atoms with van der Waals surface area (Å²) in [6.07, 6.45) is 4.15. The Balaban J connectivity index is 1.77. The number of hydrogen-bond donors (Lipinski definition) is 1. The molecule has 0 aliphatic carbocycles. The lowest BCUT2D eigenvalue weighted by atomic mass is 9.92. The topological polar surface area (TPSA) is 63.6 Å². The molecule has 3 rings (SSSR count). The van der Waals surface area contributed by atoms with Gasteiger partial charge in [-0.1, -0.05) is 0 Å². The quantitative estimate of drug-likeness (QED) is 0.926. The number of piperidine rings is 1. The second kappa shape index (κ2) is 5.63. The number of thiazole rings is 1. The van der Waals surface area contributed by atoms with Gasteiger partial charge in [-0.25, -0.2) is 4.98 Å². The van der Waals surface area contributed by atoms with Crippen molar-refractivity contribution in [2.24, 2.45) is 11.7 Å². The van der Waals surface area contributed by atoms with Crippen molar-refractivity contribution in [3.63, 3.8) is 0 Å². The van der Waals surface area contributed by atoms with E-state index in [1.54, 1.807) is 16.7 Å². The molecular weight excluding hydrogens is 272 g/mol. The zero-order valence-corrected chi connectivity index (χ0v) is 12.5. The average Bonchev–Trinajstić information content (AvgIpc) is 2.88. The molecule has 0 aromatic carbocycles. The Hall–Kier alpha value is -1.24. The Morgan fingerprint density at radius 1 is 1.60 bits per heavy atom. The Labute approximate surface area is 122 Å². The molecule has 2 N–H and O–H groups in total. The van der Waals surface area contributed by atoms with Crippen molar-refractivity contribution in [3.8, 4) is 0 Å². The number of fused-ring (bicyclic) bond motifs is 1. The summed E-state index contributed by atoms with van der Waals surface area (Å²) in [7, 11) is 0. The summed E-state index contributed by atoms with van der Waals surface area (Å²) in [6, 6.07) is 1.88. The van der Waals surface area contributed by atoms with Crippen LogP contribution in [0.1, 0.15) is 25.5 Å². The Morgan fingerprint density at radius 2 is 2.45 bits per heavy atom. The normalized spacial score (nSPS) is 22.2. The molecule has 2 aromatic heterocycles. The molecule has 0 spiro atoms. The number of nitrogens with two attached hydrogens (primary N) is 1. The second-order valence-corrected chi connectivity index (χ2v) is 6.51. The van der Waals surface area contributed by atoms with Gasteiger partial charge in [-0.05, 0) is 32.2 Å². The van der Waals surface area contributed by atoms with E-state index in [2.05, 4.69) is 16.8 Å². The van der Waals surface area contributed by atoms with Crippen LogP contribution in [-0.4, -0.2) is 33.4 Å². The maximum atomic E-state index is 12.0. The minimum Gasteiger partial charge on any atom is -0.328 e. The summed E-state index contributed by atoms with van der Waals surface area (Å²) in [5.74, 6) is 0.551. The molecule has 0 bridgehead atoms. The first-order valence-corrected chi connectivity index (χ1v) is 7.95. The molecule has 3 heterocycles. The smallest absolute Gasteiger partial charge is 0.258 e. The fourth-order valence-electron chi connectivity index (χ4n) is 2.86. The molecule has 1 fully saturated rings. The molecular formula is C14H20N4OS. The van der Waals surface area contributed by atoms with E-state index < -0.39 is 0 Å². The number of rotatable bonds is 3. The van der Waals surface area contributed by atoms with Crippen LogP contribution in [0, 0.1) is 5.92 Å². The van der Waals surface area contributed by atoms with Crippen LogP contribution < -0.4 is 11.3 Å². The van der Waals surface area contributed by atoms with E-state index in [1.807, 2.05) is 5.38 Å². The van der Waals surface area contributed by atoms with E-state index in [4.69, 9.17) is 5.73 Å². The molecule has 1 aliphatic heterocycles. The van der Waals surface area contributed by atoms with Crippen LogP contribution in [0.25, 0.3) is 4.96 Å². The lowest BCUT2D eigenvalue weighted by molar-refractivity contribution is 0.153. The van der Waals surface area contributed by atoms with Gasteiger partial charge in [0.2, 0.25) is 0 Å². The molecule has 0 saturated carbocycles. The number of hydrogen-bond acceptors (Lipinski definition) is 5. The summed E-state index contributed by atoms with van der Waals surface area (Å²) in [4.78, 5) is 19.7. The van der Waals surface area contributed by atoms with Crippen molar-refractivity contribution >= 4 is 16.3 Å². The molecule has 1 aliphatic rings. The molecule has 6 heteroatoms. The van der Waals surface area contributed by atoms with E-state index in [-0.39, 0.29) is 11.6 Å². The van der Waals surface area contributed by atoms with Crippen LogP contribution in [0.5, 0.6) is 0 Å². The van der Waals surface area contributed by atoms with Crippen molar-refractivity contribution in [3.05, 3.63) is 33.7 Å². The van der Waals surface area contributed by atoms with Crippen molar-refractivity contribution in [1.29, 1.82) is 0 Å². The minimum absolute atomic E-state index is 0.00648. The molecule has 2 atom stereocenters. The third-order valence-electron chi connectivity index (χ3n) is 4.03. The Morgan fingerprint density at radius 3 is 3.25 bits per heavy atom. The van der Waals surface area contributed by atoms with Crippen LogP contribution in [0.4, 0.5) is 0 Å². The monoisotopic (exact) mass is 292 g/mol. The average molecular weight is 292 g/mol. The maximum absolute atomic E-state index is 12.0. The van der Waals surface area contributed by atoms with Crippen LogP contribution >= 0.6 is 11.3 Å². The second-order valence-electron chi connectivity index (χ2n) is 5.64. The molecule has 108 valence electrons. The molecule has 5 nitrogen and oxygen atoms in total. The van der Waals surface area contributed by atoms with E-state index in [0.29, 0.717) is 5.92 Å². The molecule has 0 amide bonds. The van der Waals surface area contributed by atoms with E-state index in [1.165, 1.54) is 24.2 Å². The highest BCUT2D eigenvalue weighted by molar-refractivity contribution is 7.15. The van der Waals surface area contributed by atoms with Gasteiger partial charge < -0.3 is 5.73 Å². The molecule has 2 aromatic rings. The zero-order chi connectivity index (χ0) is 14.1. The van der Waals surface area contributed by atoms with Gasteiger partial charge >= 0.3 is 0 Å². The van der Waals surface area contributed by atoms with Gasteiger partial charge in [-0.3, -0.25) is 14.1 Å². The van der Waals surface area contributed by atoms with Crippen molar-refractivity contribution in [1.82, 2.24) is 14.3 Å². The highest BCUT2D eigenvalue weighted by Gasteiger charge is 2.23. The minimum atomic E-state index is 0.00648. The highest BCUT2D eigenvalue weighted by atomic mass is 32.1. The Kier molecular flexibility index (Phi) is 3.87. The number of likely N-dealkylation sites (tertiary alicyclic amines) is 1. The van der Waals surface area contributed by atoms with Crippen LogP contribution in [-0.2, 0) is 6.54 Å². The van der Waals surface area contributed by atoms with Crippen LogP contribution in [0.3, 0.4) is 0 Å². The summed E-state index contributed by atoms with van der Waals surface area (Å²) in [5, 5.41) is 1.89. The SMILES string of the molecule is CC(N)C1CCCN(Cc2cc(=O)n3ccsc3n2)C1. The van der Waals surface area contributed by atoms with Crippen molar-refractivity contribution in [2.75, 3.05) is 13.1 Å². The fraction of sp³-hybridized carbons (Fsp3) is 0.571. The van der Waals surface area contributed by atoms with Gasteiger partial charge in [0, 0.05) is 36.8 Å². The highest BCUT2D eigenvalue weighted by Crippen LogP contribution is 2.20. The first kappa shape index (κ1) is 13.7. The summed E-state index contributed by atoms with van der Waals surface area (Å²) in [5.41, 5.74) is 6.88. The van der Waals surface area contributed by atoms with Gasteiger partial charge in [0.1, 0.15) is 0 Å². The van der Waals surface area contributed by atoms with Gasteiger partial charge in [-0.15, -0.1) is 11.3 Å². The first-order valence-electron chi connectivity index (χ1n) is 7.07. The fourth-order valence-corrected chi connectivity index (χ4v) is 3.60. The third-order valence-corrected chi connectivity index (χ3v) is 4.78. The van der Waals surface area contributed by atoms with Crippen LogP contribution in [0.15, 0.2) is 22.4 Å². The van der Waals surface area contributed by atoms with E-state index in [0.717, 1.165) is 30.3 Å². The van der Waals surface area contributed by atoms with Crippen molar-refractivity contribution in [2.45, 2.75) is 32.4 Å². The summed E-state index contributed by atoms with van der Waals surface area (Å²) >= 11 is 1.50. The first-order chi connectivity index (χ1) is 9.63. The molecule has 20 heavy (non-hydrogen) atoms.